The summed E-state index contributed by atoms with van der Waals surface area (Å²) in [5.74, 6) is 0.871. The second-order valence-electron chi connectivity index (χ2n) is 4.62. The largest absolute Gasteiger partial charge is 0.369 e. The fraction of sp³-hybridized carbons (Fsp3) is 0.133. The molecule has 1 N–H and O–H groups in total. The summed E-state index contributed by atoms with van der Waals surface area (Å²) in [4.78, 5) is 15.9. The van der Waals surface area contributed by atoms with Crippen LogP contribution in [0.15, 0.2) is 47.2 Å². The van der Waals surface area contributed by atoms with Crippen molar-refractivity contribution < 1.29 is 4.92 Å². The number of hydrogen-bond donors (Lipinski definition) is 1. The molecule has 3 aromatic rings. The average Bonchev–Trinajstić information content (AvgIpc) is 3.19. The molecule has 2 heterocycles. The third kappa shape index (κ3) is 3.49. The van der Waals surface area contributed by atoms with Crippen molar-refractivity contribution in [3.05, 3.63) is 62.8 Å². The summed E-state index contributed by atoms with van der Waals surface area (Å²) in [6.45, 7) is 0.741. The van der Waals surface area contributed by atoms with E-state index in [1.54, 1.807) is 34.8 Å². The lowest BCUT2D eigenvalue weighted by Crippen LogP contribution is -2.05. The number of nitrogens with zero attached hydrogens (tertiary/aromatic N) is 2. The second kappa shape index (κ2) is 6.67. The summed E-state index contributed by atoms with van der Waals surface area (Å²) in [7, 11) is 0. The first-order valence-electron chi connectivity index (χ1n) is 6.69. The Morgan fingerprint density at radius 2 is 2.00 bits per heavy atom. The molecule has 7 heteroatoms. The van der Waals surface area contributed by atoms with Gasteiger partial charge in [0.15, 0.2) is 0 Å². The number of anilines is 1. The lowest BCUT2D eigenvalue weighted by molar-refractivity contribution is -0.384. The van der Waals surface area contributed by atoms with Crippen LogP contribution < -0.4 is 5.32 Å². The molecule has 0 aliphatic rings. The summed E-state index contributed by atoms with van der Waals surface area (Å²) in [6.07, 6.45) is 0.795. The number of nitro groups is 1. The van der Waals surface area contributed by atoms with Gasteiger partial charge in [0.1, 0.15) is 10.8 Å². The van der Waals surface area contributed by atoms with Gasteiger partial charge in [-0.15, -0.1) is 22.7 Å². The molecular weight excluding hydrogens is 318 g/mol. The van der Waals surface area contributed by atoms with Crippen molar-refractivity contribution in [2.24, 2.45) is 0 Å². The molecule has 3 rings (SSSR count). The van der Waals surface area contributed by atoms with E-state index in [9.17, 15) is 10.1 Å². The zero-order chi connectivity index (χ0) is 15.4. The molecule has 0 spiro atoms. The molecule has 22 heavy (non-hydrogen) atoms. The van der Waals surface area contributed by atoms with Crippen molar-refractivity contribution in [3.63, 3.8) is 0 Å². The molecule has 0 bridgehead atoms. The molecule has 0 atom stereocenters. The van der Waals surface area contributed by atoms with E-state index in [0.717, 1.165) is 29.4 Å². The molecule has 0 unspecified atom stereocenters. The van der Waals surface area contributed by atoms with Crippen molar-refractivity contribution in [1.82, 2.24) is 4.98 Å². The van der Waals surface area contributed by atoms with Crippen LogP contribution in [0, 0.1) is 10.1 Å². The van der Waals surface area contributed by atoms with Gasteiger partial charge in [0.05, 0.1) is 9.80 Å². The van der Waals surface area contributed by atoms with Crippen molar-refractivity contribution in [2.75, 3.05) is 11.9 Å². The van der Waals surface area contributed by atoms with Gasteiger partial charge >= 0.3 is 0 Å². The highest BCUT2D eigenvalue weighted by molar-refractivity contribution is 7.20. The van der Waals surface area contributed by atoms with Gasteiger partial charge in [0.25, 0.3) is 5.69 Å². The van der Waals surface area contributed by atoms with Gasteiger partial charge < -0.3 is 5.32 Å². The van der Waals surface area contributed by atoms with Crippen LogP contribution in [0.5, 0.6) is 0 Å². The lowest BCUT2D eigenvalue weighted by Gasteiger charge is -2.03. The minimum absolute atomic E-state index is 0.122. The zero-order valence-corrected chi connectivity index (χ0v) is 13.2. The first kappa shape index (κ1) is 14.7. The molecule has 0 aliphatic carbocycles. The van der Waals surface area contributed by atoms with E-state index in [2.05, 4.69) is 16.4 Å². The van der Waals surface area contributed by atoms with Crippen LogP contribution >= 0.6 is 22.7 Å². The highest BCUT2D eigenvalue weighted by atomic mass is 32.1. The molecule has 0 fully saturated rings. The summed E-state index contributed by atoms with van der Waals surface area (Å²) in [6, 6.07) is 10.7. The minimum Gasteiger partial charge on any atom is -0.369 e. The van der Waals surface area contributed by atoms with E-state index >= 15 is 0 Å². The molecule has 1 aromatic carbocycles. The molecule has 0 saturated carbocycles. The highest BCUT2D eigenvalue weighted by Crippen LogP contribution is 2.29. The summed E-state index contributed by atoms with van der Waals surface area (Å²) < 4.78 is 0. The molecular formula is C15H13N3O2S2. The Labute approximate surface area is 135 Å². The lowest BCUT2D eigenvalue weighted by atomic mass is 10.1. The Kier molecular flexibility index (Phi) is 4.45. The van der Waals surface area contributed by atoms with E-state index in [0.29, 0.717) is 0 Å². The molecule has 0 aliphatic heterocycles. The molecule has 0 radical (unpaired) electrons. The normalized spacial score (nSPS) is 10.5. The fourth-order valence-corrected chi connectivity index (χ4v) is 3.58. The van der Waals surface area contributed by atoms with Gasteiger partial charge in [-0.2, -0.15) is 0 Å². The zero-order valence-electron chi connectivity index (χ0n) is 11.6. The minimum atomic E-state index is -0.386. The van der Waals surface area contributed by atoms with Crippen LogP contribution in [0.25, 0.3) is 9.88 Å². The van der Waals surface area contributed by atoms with E-state index in [1.807, 2.05) is 16.8 Å². The third-order valence-electron chi connectivity index (χ3n) is 3.10. The van der Waals surface area contributed by atoms with Crippen LogP contribution in [0.3, 0.4) is 0 Å². The predicted octanol–water partition coefficient (Wildman–Crippen LogP) is 4.43. The number of thiazole rings is 1. The summed E-state index contributed by atoms with van der Waals surface area (Å²) in [5.41, 5.74) is 1.18. The molecule has 0 amide bonds. The van der Waals surface area contributed by atoms with Crippen LogP contribution in [0.2, 0.25) is 0 Å². The van der Waals surface area contributed by atoms with Gasteiger partial charge in [-0.05, 0) is 23.4 Å². The average molecular weight is 331 g/mol. The van der Waals surface area contributed by atoms with Crippen LogP contribution in [-0.2, 0) is 6.42 Å². The number of non-ortho nitro benzene ring substituents is 1. The van der Waals surface area contributed by atoms with E-state index < -0.39 is 0 Å². The predicted molar refractivity (Wildman–Crippen MR) is 90.7 cm³/mol. The monoisotopic (exact) mass is 331 g/mol. The van der Waals surface area contributed by atoms with Crippen molar-refractivity contribution in [2.45, 2.75) is 6.42 Å². The number of aromatic nitrogens is 1. The number of nitrogens with one attached hydrogen (secondary N) is 1. The maximum atomic E-state index is 10.6. The Morgan fingerprint density at radius 1 is 1.18 bits per heavy atom. The second-order valence-corrected chi connectivity index (χ2v) is 6.42. The molecule has 112 valence electrons. The Hall–Kier alpha value is -2.25. The standard InChI is InChI=1S/C15H13N3O2S2/c19-18(20)12-5-3-11(4-6-12)7-8-16-14-10-22-15(17-14)13-2-1-9-21-13/h1-6,9-10,16H,7-8H2. The van der Waals surface area contributed by atoms with Crippen LogP contribution in [-0.4, -0.2) is 16.5 Å². The van der Waals surface area contributed by atoms with Gasteiger partial charge in [-0.3, -0.25) is 10.1 Å². The quantitative estimate of drug-likeness (QED) is 0.536. The Balaban J connectivity index is 1.54. The van der Waals surface area contributed by atoms with Gasteiger partial charge in [0, 0.05) is 24.1 Å². The van der Waals surface area contributed by atoms with E-state index in [1.165, 1.54) is 17.0 Å². The van der Waals surface area contributed by atoms with Crippen molar-refractivity contribution >= 4 is 34.2 Å². The van der Waals surface area contributed by atoms with Crippen molar-refractivity contribution in [1.29, 1.82) is 0 Å². The van der Waals surface area contributed by atoms with Gasteiger partial charge in [-0.1, -0.05) is 18.2 Å². The van der Waals surface area contributed by atoms with Gasteiger partial charge in [0.2, 0.25) is 0 Å². The summed E-state index contributed by atoms with van der Waals surface area (Å²) in [5, 5.41) is 18.9. The molecule has 2 aromatic heterocycles. The topological polar surface area (TPSA) is 68.1 Å². The number of nitro benzene ring substituents is 1. The third-order valence-corrected chi connectivity index (χ3v) is 4.98. The molecule has 5 nitrogen and oxygen atoms in total. The van der Waals surface area contributed by atoms with E-state index in [-0.39, 0.29) is 10.6 Å². The Morgan fingerprint density at radius 3 is 2.68 bits per heavy atom. The number of rotatable bonds is 6. The number of hydrogen-bond acceptors (Lipinski definition) is 6. The van der Waals surface area contributed by atoms with Gasteiger partial charge in [-0.25, -0.2) is 4.98 Å². The first-order valence-corrected chi connectivity index (χ1v) is 8.45. The number of thiophene rings is 1. The number of benzene rings is 1. The SMILES string of the molecule is O=[N+]([O-])c1ccc(CCNc2csc(-c3cccs3)n2)cc1. The first-order chi connectivity index (χ1) is 10.7. The van der Waals surface area contributed by atoms with Crippen LogP contribution in [0.4, 0.5) is 11.5 Å². The highest BCUT2D eigenvalue weighted by Gasteiger charge is 2.06. The fourth-order valence-electron chi connectivity index (χ4n) is 1.99. The smallest absolute Gasteiger partial charge is 0.269 e. The van der Waals surface area contributed by atoms with Crippen molar-refractivity contribution in [3.8, 4) is 9.88 Å². The maximum Gasteiger partial charge on any atom is 0.269 e. The van der Waals surface area contributed by atoms with E-state index in [4.69, 9.17) is 0 Å². The Bertz CT molecular complexity index is 751. The maximum absolute atomic E-state index is 10.6. The molecule has 0 saturated heterocycles. The summed E-state index contributed by atoms with van der Waals surface area (Å²) >= 11 is 3.30. The van der Waals surface area contributed by atoms with Crippen LogP contribution in [0.1, 0.15) is 5.56 Å².